The minimum absolute atomic E-state index is 0.289. The summed E-state index contributed by atoms with van der Waals surface area (Å²) in [6, 6.07) is 10.5. The van der Waals surface area contributed by atoms with E-state index in [4.69, 9.17) is 11.6 Å². The smallest absolute Gasteiger partial charge is 0.0263 e. The molecule has 1 aromatic carbocycles. The van der Waals surface area contributed by atoms with Crippen molar-refractivity contribution in [1.29, 1.82) is 0 Å². The zero-order valence-corrected chi connectivity index (χ0v) is 10.1. The summed E-state index contributed by atoms with van der Waals surface area (Å²) in [6.07, 6.45) is 3.47. The predicted molar refractivity (Wildman–Crippen MR) is 67.0 cm³/mol. The number of benzene rings is 1. The number of halogens is 1. The molecule has 1 unspecified atom stereocenters. The lowest BCUT2D eigenvalue weighted by Crippen LogP contribution is -2.38. The van der Waals surface area contributed by atoms with Gasteiger partial charge in [0.25, 0.3) is 0 Å². The molecule has 1 aromatic rings. The van der Waals surface area contributed by atoms with E-state index in [2.05, 4.69) is 50.3 Å². The first-order chi connectivity index (χ1) is 7.14. The summed E-state index contributed by atoms with van der Waals surface area (Å²) in [5.41, 5.74) is 3.12. The Morgan fingerprint density at radius 3 is 2.53 bits per heavy atom. The van der Waals surface area contributed by atoms with E-state index in [1.54, 1.807) is 0 Å². The molecular weight excluding hydrogens is 204 g/mol. The van der Waals surface area contributed by atoms with E-state index in [1.165, 1.54) is 11.1 Å². The average molecular weight is 221 g/mol. The quantitative estimate of drug-likeness (QED) is 0.650. The van der Waals surface area contributed by atoms with Crippen LogP contribution in [0, 0.1) is 11.3 Å². The molecule has 0 aliphatic heterocycles. The van der Waals surface area contributed by atoms with Crippen molar-refractivity contribution < 1.29 is 0 Å². The van der Waals surface area contributed by atoms with Crippen LogP contribution in [0.5, 0.6) is 0 Å². The van der Waals surface area contributed by atoms with Gasteiger partial charge >= 0.3 is 0 Å². The van der Waals surface area contributed by atoms with Gasteiger partial charge < -0.3 is 0 Å². The third-order valence-corrected chi connectivity index (χ3v) is 4.01. The van der Waals surface area contributed by atoms with Crippen LogP contribution in [0.3, 0.4) is 0 Å². The summed E-state index contributed by atoms with van der Waals surface area (Å²) in [5.74, 6) is 1.42. The molecule has 0 bridgehead atoms. The largest absolute Gasteiger partial charge is 0.126 e. The topological polar surface area (TPSA) is 0 Å². The van der Waals surface area contributed by atoms with E-state index >= 15 is 0 Å². The molecule has 0 heterocycles. The van der Waals surface area contributed by atoms with Crippen LogP contribution in [0.2, 0.25) is 0 Å². The molecule has 1 aliphatic rings. The van der Waals surface area contributed by atoms with Gasteiger partial charge in [0.2, 0.25) is 0 Å². The van der Waals surface area contributed by atoms with Gasteiger partial charge in [0.1, 0.15) is 0 Å². The van der Waals surface area contributed by atoms with Gasteiger partial charge in [0, 0.05) is 5.88 Å². The zero-order chi connectivity index (χ0) is 10.9. The highest BCUT2D eigenvalue weighted by molar-refractivity contribution is 6.18. The van der Waals surface area contributed by atoms with Crippen molar-refractivity contribution in [1.82, 2.24) is 0 Å². The first-order valence-electron chi connectivity index (χ1n) is 5.46. The Bertz CT molecular complexity index is 362. The summed E-state index contributed by atoms with van der Waals surface area (Å²) >= 11 is 5.93. The van der Waals surface area contributed by atoms with Crippen molar-refractivity contribution in [3.05, 3.63) is 41.5 Å². The molecule has 1 aliphatic carbocycles. The van der Waals surface area contributed by atoms with Gasteiger partial charge in [-0.15, -0.1) is 11.6 Å². The van der Waals surface area contributed by atoms with Crippen LogP contribution < -0.4 is 0 Å². The van der Waals surface area contributed by atoms with E-state index in [-0.39, 0.29) is 5.41 Å². The Labute approximate surface area is 97.0 Å². The van der Waals surface area contributed by atoms with E-state index in [1.807, 2.05) is 0 Å². The first kappa shape index (κ1) is 10.8. The molecule has 80 valence electrons. The lowest BCUT2D eigenvalue weighted by Gasteiger charge is -2.47. The van der Waals surface area contributed by atoms with Gasteiger partial charge in [-0.05, 0) is 23.3 Å². The van der Waals surface area contributed by atoms with Crippen molar-refractivity contribution in [2.75, 3.05) is 5.88 Å². The van der Waals surface area contributed by atoms with Crippen molar-refractivity contribution in [3.8, 4) is 0 Å². The second kappa shape index (κ2) is 4.02. The van der Waals surface area contributed by atoms with E-state index in [9.17, 15) is 0 Å². The molecule has 1 saturated carbocycles. The van der Waals surface area contributed by atoms with Crippen LogP contribution in [0.15, 0.2) is 35.9 Å². The highest BCUT2D eigenvalue weighted by Crippen LogP contribution is 2.51. The molecule has 15 heavy (non-hydrogen) atoms. The highest BCUT2D eigenvalue weighted by atomic mass is 35.5. The number of allylic oxidation sites excluding steroid dienone is 1. The number of rotatable bonds is 2. The third kappa shape index (κ3) is 1.96. The fourth-order valence-corrected chi connectivity index (χ4v) is 2.65. The summed E-state index contributed by atoms with van der Waals surface area (Å²) in [5, 5.41) is 0. The molecule has 2 rings (SSSR count). The first-order valence-corrected chi connectivity index (χ1v) is 6.00. The van der Waals surface area contributed by atoms with Crippen molar-refractivity contribution in [2.24, 2.45) is 11.3 Å². The van der Waals surface area contributed by atoms with Crippen molar-refractivity contribution in [3.63, 3.8) is 0 Å². The molecule has 0 saturated heterocycles. The Morgan fingerprint density at radius 1 is 1.33 bits per heavy atom. The monoisotopic (exact) mass is 220 g/mol. The van der Waals surface area contributed by atoms with Gasteiger partial charge in [0.05, 0.1) is 0 Å². The highest BCUT2D eigenvalue weighted by Gasteiger charge is 2.42. The third-order valence-electron chi connectivity index (χ3n) is 3.64. The summed E-state index contributed by atoms with van der Waals surface area (Å²) in [6.45, 7) is 4.58. The van der Waals surface area contributed by atoms with E-state index in [0.29, 0.717) is 5.92 Å². The summed E-state index contributed by atoms with van der Waals surface area (Å²) in [7, 11) is 0. The molecule has 0 N–H and O–H groups in total. The lowest BCUT2D eigenvalue weighted by molar-refractivity contribution is 0.193. The van der Waals surface area contributed by atoms with Crippen molar-refractivity contribution in [2.45, 2.75) is 20.3 Å². The minimum atomic E-state index is 0.289. The van der Waals surface area contributed by atoms with Crippen LogP contribution in [0.25, 0.3) is 6.08 Å². The fourth-order valence-electron chi connectivity index (χ4n) is 2.16. The SMILES string of the molecule is CC1(C)C(=Cc2ccccc2)CC1CCl. The van der Waals surface area contributed by atoms with Gasteiger partial charge in [-0.25, -0.2) is 0 Å². The van der Waals surface area contributed by atoms with E-state index in [0.717, 1.165) is 12.3 Å². The number of hydrogen-bond acceptors (Lipinski definition) is 0. The zero-order valence-electron chi connectivity index (χ0n) is 9.33. The Hall–Kier alpha value is -0.750. The maximum atomic E-state index is 5.93. The van der Waals surface area contributed by atoms with Gasteiger partial charge in [-0.1, -0.05) is 55.8 Å². The maximum absolute atomic E-state index is 5.93. The lowest BCUT2D eigenvalue weighted by atomic mass is 9.59. The maximum Gasteiger partial charge on any atom is 0.0263 e. The molecular formula is C14H17Cl. The molecule has 0 aromatic heterocycles. The fraction of sp³-hybridized carbons (Fsp3) is 0.429. The molecule has 1 atom stereocenters. The molecule has 0 amide bonds. The second-order valence-electron chi connectivity index (χ2n) is 4.86. The Balaban J connectivity index is 2.18. The summed E-state index contributed by atoms with van der Waals surface area (Å²) < 4.78 is 0. The van der Waals surface area contributed by atoms with Gasteiger partial charge in [-0.3, -0.25) is 0 Å². The average Bonchev–Trinajstić information content (AvgIpc) is 2.25. The predicted octanol–water partition coefficient (Wildman–Crippen LogP) is 4.35. The molecule has 0 spiro atoms. The number of alkyl halides is 1. The Kier molecular flexibility index (Phi) is 2.88. The van der Waals surface area contributed by atoms with E-state index < -0.39 is 0 Å². The standard InChI is InChI=1S/C14H17Cl/c1-14(2)12(9-13(14)10-15)8-11-6-4-3-5-7-11/h3-8,13H,9-10H2,1-2H3. The van der Waals surface area contributed by atoms with Crippen LogP contribution in [0.4, 0.5) is 0 Å². The minimum Gasteiger partial charge on any atom is -0.126 e. The van der Waals surface area contributed by atoms with Crippen LogP contribution in [-0.2, 0) is 0 Å². The van der Waals surface area contributed by atoms with Crippen molar-refractivity contribution >= 4 is 17.7 Å². The van der Waals surface area contributed by atoms with Gasteiger partial charge in [-0.2, -0.15) is 0 Å². The van der Waals surface area contributed by atoms with Crippen LogP contribution in [0.1, 0.15) is 25.8 Å². The Morgan fingerprint density at radius 2 is 2.00 bits per heavy atom. The summed E-state index contributed by atoms with van der Waals surface area (Å²) in [4.78, 5) is 0. The number of hydrogen-bond donors (Lipinski definition) is 0. The second-order valence-corrected chi connectivity index (χ2v) is 5.17. The van der Waals surface area contributed by atoms with Crippen LogP contribution >= 0.6 is 11.6 Å². The van der Waals surface area contributed by atoms with Gasteiger partial charge in [0.15, 0.2) is 0 Å². The molecule has 0 radical (unpaired) electrons. The van der Waals surface area contributed by atoms with Crippen LogP contribution in [-0.4, -0.2) is 5.88 Å². The molecule has 1 heteroatoms. The normalized spacial score (nSPS) is 26.3. The molecule has 1 fully saturated rings. The molecule has 0 nitrogen and oxygen atoms in total.